The van der Waals surface area contributed by atoms with Crippen molar-refractivity contribution in [3.63, 3.8) is 0 Å². The lowest BCUT2D eigenvalue weighted by Gasteiger charge is -2.31. The molecule has 1 fully saturated rings. The number of piperidine rings is 1. The van der Waals surface area contributed by atoms with Crippen LogP contribution in [0.1, 0.15) is 19.3 Å². The van der Waals surface area contributed by atoms with Crippen molar-refractivity contribution in [2.24, 2.45) is 0 Å². The van der Waals surface area contributed by atoms with Crippen LogP contribution in [0.3, 0.4) is 0 Å². The second-order valence-corrected chi connectivity index (χ2v) is 8.50. The van der Waals surface area contributed by atoms with E-state index in [9.17, 15) is 60.7 Å². The van der Waals surface area contributed by atoms with E-state index in [4.69, 9.17) is 0 Å². The number of hydrogen-bond acceptors (Lipinski definition) is 4. The first kappa shape index (κ1) is 26.1. The highest BCUT2D eigenvalue weighted by Gasteiger charge is 2.68. The van der Waals surface area contributed by atoms with Gasteiger partial charge in [-0.25, -0.2) is 16.8 Å². The number of halogens is 10. The summed E-state index contributed by atoms with van der Waals surface area (Å²) in [5.41, 5.74) is 0. The fourth-order valence-electron chi connectivity index (χ4n) is 1.41. The maximum absolute atomic E-state index is 12.3. The molecule has 0 aliphatic carbocycles. The summed E-state index contributed by atoms with van der Waals surface area (Å²) in [6.45, 7) is 2.75. The second-order valence-electron chi connectivity index (χ2n) is 4.98. The summed E-state index contributed by atoms with van der Waals surface area (Å²) in [5.74, 6) is 0. The molecule has 0 atom stereocenters. The lowest BCUT2D eigenvalue weighted by Crippen LogP contribution is -2.85. The van der Waals surface area contributed by atoms with Crippen molar-refractivity contribution in [1.82, 2.24) is 0 Å². The van der Waals surface area contributed by atoms with E-state index in [0.29, 0.717) is 4.13 Å². The molecule has 1 aliphatic heterocycles. The third-order valence-corrected chi connectivity index (χ3v) is 6.15. The lowest BCUT2D eigenvalue weighted by molar-refractivity contribution is -0.662. The van der Waals surface area contributed by atoms with Gasteiger partial charge in [-0.1, -0.05) is 0 Å². The van der Waals surface area contributed by atoms with Gasteiger partial charge in [0, 0.05) is 0 Å². The molecule has 1 heterocycles. The molecule has 0 aromatic heterocycles. The van der Waals surface area contributed by atoms with Gasteiger partial charge in [0.05, 0.1) is 13.1 Å². The third-order valence-electron chi connectivity index (χ3n) is 2.82. The van der Waals surface area contributed by atoms with Crippen LogP contribution in [-0.2, 0) is 20.0 Å². The van der Waals surface area contributed by atoms with Gasteiger partial charge < -0.3 is 9.44 Å². The molecule has 0 amide bonds. The molecule has 0 radical (unpaired) electrons. The number of rotatable bonds is 4. The number of alkyl halides is 10. The van der Waals surface area contributed by atoms with E-state index in [0.717, 1.165) is 0 Å². The second kappa shape index (κ2) is 8.24. The zero-order valence-corrected chi connectivity index (χ0v) is 14.4. The van der Waals surface area contributed by atoms with Crippen LogP contribution in [-0.4, -0.2) is 52.8 Å². The SMILES string of the molecule is C1CC[NH2+]CC1.O=S(=O)([N-]S(=O)(=O)C(F)(F)C(F)(F)F)C(F)(F)C(F)(F)F. The Morgan fingerprint density at radius 1 is 0.593 bits per heavy atom. The monoisotopic (exact) mass is 466 g/mol. The number of sulfonamides is 2. The summed E-state index contributed by atoms with van der Waals surface area (Å²) in [5, 5.41) is -11.6. The summed E-state index contributed by atoms with van der Waals surface area (Å²) in [7, 11) is -15.2. The molecule has 164 valence electrons. The van der Waals surface area contributed by atoms with E-state index >= 15 is 0 Å². The van der Waals surface area contributed by atoms with Gasteiger partial charge in [0.1, 0.15) is 0 Å². The zero-order valence-electron chi connectivity index (χ0n) is 12.8. The van der Waals surface area contributed by atoms with Gasteiger partial charge in [0.25, 0.3) is 0 Å². The first-order chi connectivity index (χ1) is 11.7. The Kier molecular flexibility index (Phi) is 7.97. The highest BCUT2D eigenvalue weighted by atomic mass is 32.3. The molecular weight excluding hydrogens is 454 g/mol. The Morgan fingerprint density at radius 3 is 1.04 bits per heavy atom. The van der Waals surface area contributed by atoms with E-state index in [1.165, 1.54) is 32.4 Å². The minimum atomic E-state index is -7.62. The maximum Gasteiger partial charge on any atom is 0.467 e. The van der Waals surface area contributed by atoms with Crippen LogP contribution < -0.4 is 5.32 Å². The highest BCUT2D eigenvalue weighted by Crippen LogP contribution is 2.47. The molecule has 0 aromatic carbocycles. The summed E-state index contributed by atoms with van der Waals surface area (Å²) in [6.07, 6.45) is -9.65. The van der Waals surface area contributed by atoms with Gasteiger partial charge in [0.2, 0.25) is 0 Å². The number of nitrogens with zero attached hydrogens (tertiary/aromatic N) is 1. The zero-order chi connectivity index (χ0) is 21.9. The summed E-state index contributed by atoms with van der Waals surface area (Å²) in [4.78, 5) is 0. The van der Waals surface area contributed by atoms with E-state index in [1.807, 2.05) is 0 Å². The molecular formula is C9H12F10N2O4S2. The predicted octanol–water partition coefficient (Wildman–Crippen LogP) is 2.06. The van der Waals surface area contributed by atoms with Gasteiger partial charge in [0.15, 0.2) is 20.0 Å². The van der Waals surface area contributed by atoms with Crippen molar-refractivity contribution in [3.8, 4) is 0 Å². The quantitative estimate of drug-likeness (QED) is 0.642. The molecule has 1 rings (SSSR count). The van der Waals surface area contributed by atoms with Crippen LogP contribution >= 0.6 is 0 Å². The van der Waals surface area contributed by atoms with E-state index in [2.05, 4.69) is 5.32 Å². The molecule has 1 aliphatic rings. The van der Waals surface area contributed by atoms with Crippen molar-refractivity contribution < 1.29 is 66.1 Å². The lowest BCUT2D eigenvalue weighted by atomic mass is 10.2. The number of nitrogens with two attached hydrogens (primary N) is 1. The van der Waals surface area contributed by atoms with Crippen LogP contribution in [0.5, 0.6) is 0 Å². The van der Waals surface area contributed by atoms with Gasteiger partial charge in [-0.05, 0) is 19.3 Å². The average Bonchev–Trinajstić information content (AvgIpc) is 2.46. The molecule has 1 saturated heterocycles. The molecule has 0 bridgehead atoms. The summed E-state index contributed by atoms with van der Waals surface area (Å²) >= 11 is 0. The van der Waals surface area contributed by atoms with Gasteiger partial charge >= 0.3 is 22.9 Å². The van der Waals surface area contributed by atoms with Crippen LogP contribution in [0.25, 0.3) is 4.13 Å². The van der Waals surface area contributed by atoms with Crippen LogP contribution in [0.4, 0.5) is 43.9 Å². The van der Waals surface area contributed by atoms with Gasteiger partial charge in [-0.3, -0.25) is 0 Å². The number of quaternary nitrogens is 1. The fraction of sp³-hybridized carbons (Fsp3) is 1.00. The van der Waals surface area contributed by atoms with Gasteiger partial charge in [-0.15, -0.1) is 0 Å². The minimum Gasteiger partial charge on any atom is -0.425 e. The largest absolute Gasteiger partial charge is 0.467 e. The van der Waals surface area contributed by atoms with Crippen molar-refractivity contribution in [1.29, 1.82) is 0 Å². The van der Waals surface area contributed by atoms with Crippen LogP contribution in [0.15, 0.2) is 0 Å². The van der Waals surface area contributed by atoms with Crippen molar-refractivity contribution >= 4 is 20.0 Å². The molecule has 27 heavy (non-hydrogen) atoms. The molecule has 0 spiro atoms. The normalized spacial score (nSPS) is 17.9. The average molecular weight is 466 g/mol. The van der Waals surface area contributed by atoms with E-state index in [1.54, 1.807) is 0 Å². The predicted molar refractivity (Wildman–Crippen MR) is 68.7 cm³/mol. The van der Waals surface area contributed by atoms with Crippen molar-refractivity contribution in [2.45, 2.75) is 42.1 Å². The standard InChI is InChI=1S/C5H11N.C4F10NO4S2/c1-2-4-6-5-3-1;5-1(6,7)3(11,12)20(16,17)15-21(18,19)4(13,14)2(8,9)10/h6H,1-5H2;/q;-1/p+1. The van der Waals surface area contributed by atoms with Crippen molar-refractivity contribution in [3.05, 3.63) is 4.13 Å². The Hall–Kier alpha value is -0.880. The molecule has 0 unspecified atom stereocenters. The smallest absolute Gasteiger partial charge is 0.425 e. The third kappa shape index (κ3) is 6.05. The van der Waals surface area contributed by atoms with Crippen LogP contribution in [0.2, 0.25) is 0 Å². The summed E-state index contributed by atoms with van der Waals surface area (Å²) < 4.78 is 161. The summed E-state index contributed by atoms with van der Waals surface area (Å²) in [6, 6.07) is 0. The molecule has 0 saturated carbocycles. The molecule has 6 nitrogen and oxygen atoms in total. The molecule has 0 aromatic rings. The van der Waals surface area contributed by atoms with E-state index in [-0.39, 0.29) is 0 Å². The van der Waals surface area contributed by atoms with Crippen LogP contribution in [0, 0.1) is 0 Å². The Labute approximate surface area is 146 Å². The first-order valence-corrected chi connectivity index (χ1v) is 9.53. The minimum absolute atomic E-state index is 0.422. The Morgan fingerprint density at radius 2 is 0.889 bits per heavy atom. The fourth-order valence-corrected chi connectivity index (χ4v) is 3.78. The topological polar surface area (TPSA) is 99.0 Å². The van der Waals surface area contributed by atoms with E-state index < -0.39 is 42.9 Å². The molecule has 18 heteroatoms. The Bertz CT molecular complexity index is 630. The molecule has 2 N–H and O–H groups in total. The highest BCUT2D eigenvalue weighted by molar-refractivity contribution is 8.13. The van der Waals surface area contributed by atoms with Crippen molar-refractivity contribution in [2.75, 3.05) is 13.1 Å². The van der Waals surface area contributed by atoms with Gasteiger partial charge in [-0.2, -0.15) is 43.9 Å². The Balaban J connectivity index is 0.000000941. The maximum atomic E-state index is 12.3. The number of hydrogen-bond donors (Lipinski definition) is 1. The first-order valence-electron chi connectivity index (χ1n) is 6.65.